The summed E-state index contributed by atoms with van der Waals surface area (Å²) >= 11 is 0. The first-order valence-corrected chi connectivity index (χ1v) is 9.75. The molecule has 2 amide bonds. The fourth-order valence-electron chi connectivity index (χ4n) is 3.25. The molecule has 2 heterocycles. The summed E-state index contributed by atoms with van der Waals surface area (Å²) in [5.41, 5.74) is 0.573. The van der Waals surface area contributed by atoms with Gasteiger partial charge in [-0.15, -0.1) is 0 Å². The molecule has 0 saturated carbocycles. The summed E-state index contributed by atoms with van der Waals surface area (Å²) in [4.78, 5) is 26.8. The zero-order valence-electron chi connectivity index (χ0n) is 16.3. The van der Waals surface area contributed by atoms with Crippen LogP contribution in [0.15, 0.2) is 10.5 Å². The van der Waals surface area contributed by atoms with E-state index in [4.69, 9.17) is 9.15 Å². The maximum absolute atomic E-state index is 13.0. The monoisotopic (exact) mass is 364 g/mol. The number of amides is 2. The summed E-state index contributed by atoms with van der Waals surface area (Å²) < 4.78 is 11.2. The van der Waals surface area contributed by atoms with Crippen molar-refractivity contribution >= 4 is 11.8 Å². The van der Waals surface area contributed by atoms with Crippen LogP contribution in [0, 0.1) is 13.8 Å². The molecule has 0 radical (unpaired) electrons. The minimum Gasteiger partial charge on any atom is -0.466 e. The van der Waals surface area contributed by atoms with E-state index in [1.807, 2.05) is 6.92 Å². The van der Waals surface area contributed by atoms with Gasteiger partial charge >= 0.3 is 0 Å². The van der Waals surface area contributed by atoms with Gasteiger partial charge in [0.15, 0.2) is 0 Å². The van der Waals surface area contributed by atoms with Crippen molar-refractivity contribution in [3.05, 3.63) is 23.2 Å². The minimum absolute atomic E-state index is 0.00802. The fourth-order valence-corrected chi connectivity index (χ4v) is 3.25. The Hall–Kier alpha value is -1.82. The van der Waals surface area contributed by atoms with Crippen LogP contribution in [0.25, 0.3) is 0 Å². The zero-order chi connectivity index (χ0) is 18.9. The maximum Gasteiger partial charge on any atom is 0.257 e. The highest BCUT2D eigenvalue weighted by Gasteiger charge is 2.26. The summed E-state index contributed by atoms with van der Waals surface area (Å²) in [5, 5.41) is 2.93. The van der Waals surface area contributed by atoms with E-state index in [0.29, 0.717) is 37.4 Å². The maximum atomic E-state index is 13.0. The van der Waals surface area contributed by atoms with Gasteiger partial charge in [-0.3, -0.25) is 9.59 Å². The molecule has 26 heavy (non-hydrogen) atoms. The molecule has 0 spiro atoms. The second kappa shape index (κ2) is 10.4. The average molecular weight is 364 g/mol. The largest absolute Gasteiger partial charge is 0.466 e. The van der Waals surface area contributed by atoms with Crippen LogP contribution in [0.5, 0.6) is 0 Å². The molecule has 0 bridgehead atoms. The molecule has 1 aliphatic rings. The Morgan fingerprint density at radius 3 is 2.73 bits per heavy atom. The van der Waals surface area contributed by atoms with Gasteiger partial charge in [-0.2, -0.15) is 0 Å². The molecule has 0 aromatic carbocycles. The fraction of sp³-hybridized carbons (Fsp3) is 0.700. The van der Waals surface area contributed by atoms with E-state index in [9.17, 15) is 9.59 Å². The molecular formula is C20H32N2O4. The van der Waals surface area contributed by atoms with Crippen molar-refractivity contribution in [3.63, 3.8) is 0 Å². The number of ether oxygens (including phenoxy) is 1. The van der Waals surface area contributed by atoms with E-state index in [-0.39, 0.29) is 17.9 Å². The molecule has 6 heteroatoms. The third kappa shape index (κ3) is 6.16. The minimum atomic E-state index is -0.0892. The number of furan rings is 1. The highest BCUT2D eigenvalue weighted by atomic mass is 16.5. The van der Waals surface area contributed by atoms with Crippen LogP contribution < -0.4 is 5.32 Å². The topological polar surface area (TPSA) is 71.8 Å². The molecule has 1 aromatic heterocycles. The molecule has 1 atom stereocenters. The van der Waals surface area contributed by atoms with Gasteiger partial charge in [0.05, 0.1) is 11.7 Å². The number of nitrogens with zero attached hydrogens (tertiary/aromatic N) is 1. The Balaban J connectivity index is 1.93. The average Bonchev–Trinajstić information content (AvgIpc) is 3.24. The van der Waals surface area contributed by atoms with Crippen molar-refractivity contribution in [3.8, 4) is 0 Å². The Labute approximate surface area is 156 Å². The third-order valence-corrected chi connectivity index (χ3v) is 4.72. The quantitative estimate of drug-likeness (QED) is 0.647. The van der Waals surface area contributed by atoms with Gasteiger partial charge in [-0.1, -0.05) is 19.8 Å². The van der Waals surface area contributed by atoms with Crippen molar-refractivity contribution in [2.24, 2.45) is 0 Å². The van der Waals surface area contributed by atoms with Crippen molar-refractivity contribution in [2.45, 2.75) is 65.4 Å². The highest BCUT2D eigenvalue weighted by Crippen LogP contribution is 2.19. The number of rotatable bonds is 10. The first kappa shape index (κ1) is 20.5. The highest BCUT2D eigenvalue weighted by molar-refractivity contribution is 5.95. The van der Waals surface area contributed by atoms with Crippen LogP contribution in [-0.4, -0.2) is 49.1 Å². The van der Waals surface area contributed by atoms with Gasteiger partial charge in [-0.05, 0) is 39.2 Å². The van der Waals surface area contributed by atoms with Crippen molar-refractivity contribution < 1.29 is 18.7 Å². The van der Waals surface area contributed by atoms with Gasteiger partial charge in [0, 0.05) is 32.7 Å². The van der Waals surface area contributed by atoms with Crippen LogP contribution in [0.3, 0.4) is 0 Å². The normalized spacial score (nSPS) is 16.7. The van der Waals surface area contributed by atoms with E-state index >= 15 is 0 Å². The number of hydrogen-bond acceptors (Lipinski definition) is 4. The molecule has 0 unspecified atom stereocenters. The van der Waals surface area contributed by atoms with Gasteiger partial charge in [0.2, 0.25) is 5.91 Å². The summed E-state index contributed by atoms with van der Waals surface area (Å²) in [5.74, 6) is 1.24. The number of carbonyl (C=O) groups is 2. The van der Waals surface area contributed by atoms with Crippen LogP contribution in [0.4, 0.5) is 0 Å². The number of nitrogens with one attached hydrogen (secondary N) is 1. The van der Waals surface area contributed by atoms with Gasteiger partial charge in [0.25, 0.3) is 5.91 Å². The summed E-state index contributed by atoms with van der Waals surface area (Å²) in [6.07, 6.45) is 5.57. The summed E-state index contributed by atoms with van der Waals surface area (Å²) in [6, 6.07) is 1.77. The Morgan fingerprint density at radius 2 is 2.12 bits per heavy atom. The standard InChI is InChI=1S/C20H32N2O4/c1-4-5-6-10-21-19(23)9-11-22(14-17-8-7-12-25-17)20(24)18-13-15(2)26-16(18)3/h13,17H,4-12,14H2,1-3H3,(H,21,23)/t17-/m1/s1. The molecule has 1 N–H and O–H groups in total. The number of aryl methyl sites for hydroxylation is 2. The lowest BCUT2D eigenvalue weighted by atomic mass is 10.1. The molecule has 0 aliphatic carbocycles. The lowest BCUT2D eigenvalue weighted by Crippen LogP contribution is -2.40. The van der Waals surface area contributed by atoms with Crippen molar-refractivity contribution in [1.82, 2.24) is 10.2 Å². The molecule has 1 aliphatic heterocycles. The zero-order valence-corrected chi connectivity index (χ0v) is 16.3. The van der Waals surface area contributed by atoms with E-state index < -0.39 is 0 Å². The van der Waals surface area contributed by atoms with Gasteiger partial charge in [-0.25, -0.2) is 0 Å². The van der Waals surface area contributed by atoms with Crippen LogP contribution in [-0.2, 0) is 9.53 Å². The van der Waals surface area contributed by atoms with E-state index in [0.717, 1.165) is 44.5 Å². The molecule has 1 saturated heterocycles. The predicted octanol–water partition coefficient (Wildman–Crippen LogP) is 3.21. The second-order valence-electron chi connectivity index (χ2n) is 7.02. The van der Waals surface area contributed by atoms with Gasteiger partial charge < -0.3 is 19.4 Å². The summed E-state index contributed by atoms with van der Waals surface area (Å²) in [7, 11) is 0. The molecule has 6 nitrogen and oxygen atoms in total. The molecule has 1 aromatic rings. The van der Waals surface area contributed by atoms with E-state index in [1.54, 1.807) is 17.9 Å². The number of carbonyl (C=O) groups excluding carboxylic acids is 2. The van der Waals surface area contributed by atoms with Crippen LogP contribution >= 0.6 is 0 Å². The lowest BCUT2D eigenvalue weighted by Gasteiger charge is -2.25. The first-order chi connectivity index (χ1) is 12.5. The van der Waals surface area contributed by atoms with Crippen LogP contribution in [0.1, 0.15) is 67.3 Å². The van der Waals surface area contributed by atoms with E-state index in [1.165, 1.54) is 0 Å². The Kier molecular flexibility index (Phi) is 8.16. The third-order valence-electron chi connectivity index (χ3n) is 4.72. The molecular weight excluding hydrogens is 332 g/mol. The van der Waals surface area contributed by atoms with E-state index in [2.05, 4.69) is 12.2 Å². The predicted molar refractivity (Wildman–Crippen MR) is 100 cm³/mol. The first-order valence-electron chi connectivity index (χ1n) is 9.75. The van der Waals surface area contributed by atoms with Gasteiger partial charge in [0.1, 0.15) is 11.5 Å². The Morgan fingerprint density at radius 1 is 1.31 bits per heavy atom. The van der Waals surface area contributed by atoms with Crippen LogP contribution in [0.2, 0.25) is 0 Å². The van der Waals surface area contributed by atoms with Crippen molar-refractivity contribution in [2.75, 3.05) is 26.2 Å². The molecule has 2 rings (SSSR count). The molecule has 1 fully saturated rings. The SMILES string of the molecule is CCCCCNC(=O)CCN(C[C@H]1CCCO1)C(=O)c1cc(C)oc1C. The summed E-state index contributed by atoms with van der Waals surface area (Å²) in [6.45, 7) is 8.12. The van der Waals surface area contributed by atoms with Crippen molar-refractivity contribution in [1.29, 1.82) is 0 Å². The Bertz CT molecular complexity index is 591. The smallest absolute Gasteiger partial charge is 0.257 e. The number of unbranched alkanes of at least 4 members (excludes halogenated alkanes) is 2. The second-order valence-corrected chi connectivity index (χ2v) is 7.02. The number of hydrogen-bond donors (Lipinski definition) is 1. The lowest BCUT2D eigenvalue weighted by molar-refractivity contribution is -0.121. The molecule has 146 valence electrons.